The van der Waals surface area contributed by atoms with Crippen LogP contribution in [0.5, 0.6) is 0 Å². The highest BCUT2D eigenvalue weighted by Crippen LogP contribution is 2.19. The van der Waals surface area contributed by atoms with Crippen molar-refractivity contribution in [3.63, 3.8) is 0 Å². The fraction of sp³-hybridized carbons (Fsp3) is 0.941. The molecule has 144 valence electrons. The van der Waals surface area contributed by atoms with E-state index in [-0.39, 0.29) is 5.97 Å². The summed E-state index contributed by atoms with van der Waals surface area (Å²) in [5, 5.41) is 0. The lowest BCUT2D eigenvalue weighted by atomic mass is 10.3. The van der Waals surface area contributed by atoms with Crippen LogP contribution in [0, 0.1) is 0 Å². The monoisotopic (exact) mass is 377 g/mol. The van der Waals surface area contributed by atoms with Gasteiger partial charge in [0.2, 0.25) is 0 Å². The van der Waals surface area contributed by atoms with Crippen LogP contribution in [-0.2, 0) is 18.4 Å². The molecule has 7 heteroatoms. The van der Waals surface area contributed by atoms with E-state index in [2.05, 4.69) is 30.8 Å². The van der Waals surface area contributed by atoms with Crippen LogP contribution in [0.15, 0.2) is 0 Å². The molecule has 24 heavy (non-hydrogen) atoms. The van der Waals surface area contributed by atoms with Crippen LogP contribution in [0.25, 0.3) is 0 Å². The highest BCUT2D eigenvalue weighted by Gasteiger charge is 2.30. The molecule has 0 amide bonds. The van der Waals surface area contributed by atoms with E-state index >= 15 is 0 Å². The lowest BCUT2D eigenvalue weighted by molar-refractivity contribution is -0.140. The van der Waals surface area contributed by atoms with Gasteiger partial charge in [-0.05, 0) is 52.4 Å². The maximum Gasteiger partial charge on any atom is 0.334 e. The van der Waals surface area contributed by atoms with Crippen LogP contribution in [0.3, 0.4) is 0 Å². The van der Waals surface area contributed by atoms with E-state index in [4.69, 9.17) is 13.6 Å². The van der Waals surface area contributed by atoms with E-state index in [0.29, 0.717) is 6.42 Å². The van der Waals surface area contributed by atoms with Crippen molar-refractivity contribution in [1.82, 2.24) is 4.57 Å². The molecule has 0 saturated heterocycles. The lowest BCUT2D eigenvalue weighted by Crippen LogP contribution is -2.47. The molecule has 0 N–H and O–H groups in total. The second-order valence-electron chi connectivity index (χ2n) is 7.29. The average molecular weight is 378 g/mol. The molecule has 0 aliphatic heterocycles. The number of rotatable bonds is 14. The third kappa shape index (κ3) is 10.6. The maximum atomic E-state index is 11.3. The molecule has 0 bridgehead atoms. The zero-order chi connectivity index (χ0) is 18.6. The minimum atomic E-state index is -1.98. The third-order valence-corrected chi connectivity index (χ3v) is 9.60. The van der Waals surface area contributed by atoms with Crippen LogP contribution in [-0.4, -0.2) is 60.7 Å². The summed E-state index contributed by atoms with van der Waals surface area (Å²) >= 11 is 0. The van der Waals surface area contributed by atoms with Gasteiger partial charge in [-0.15, -0.1) is 0 Å². The number of carbonyl (C=O) groups is 1. The Morgan fingerprint density at radius 2 is 1.46 bits per heavy atom. The minimum absolute atomic E-state index is 0.110. The van der Waals surface area contributed by atoms with Gasteiger partial charge in [-0.2, -0.15) is 0 Å². The van der Waals surface area contributed by atoms with Crippen LogP contribution in [0.1, 0.15) is 39.5 Å². The molecule has 0 rings (SSSR count). The number of methoxy groups -OCH3 is 1. The fourth-order valence-electron chi connectivity index (χ4n) is 2.84. The quantitative estimate of drug-likeness (QED) is 0.260. The highest BCUT2D eigenvalue weighted by atomic mass is 28.4. The van der Waals surface area contributed by atoms with Crippen molar-refractivity contribution < 1.29 is 18.4 Å². The molecule has 0 spiro atoms. The predicted molar refractivity (Wildman–Crippen MR) is 105 cm³/mol. The fourth-order valence-corrected chi connectivity index (χ4v) is 6.99. The van der Waals surface area contributed by atoms with E-state index in [1.807, 2.05) is 13.8 Å². The number of ether oxygens (including phenoxy) is 1. The average Bonchev–Trinajstić information content (AvgIpc) is 2.48. The molecule has 0 aromatic heterocycles. The SMILES string of the molecule is CCO[Si](C)(CCCCN(CCCC(=O)OC)[Si](C)(C)C)OCC. The highest BCUT2D eigenvalue weighted by molar-refractivity contribution is 6.73. The Kier molecular flexibility index (Phi) is 12.1. The zero-order valence-electron chi connectivity index (χ0n) is 16.9. The van der Waals surface area contributed by atoms with Crippen molar-refractivity contribution in [2.75, 3.05) is 33.4 Å². The number of hydrogen-bond donors (Lipinski definition) is 0. The topological polar surface area (TPSA) is 48.0 Å². The summed E-state index contributed by atoms with van der Waals surface area (Å²) in [6, 6.07) is 1.05. The molecule has 0 aromatic rings. The van der Waals surface area contributed by atoms with Gasteiger partial charge in [0.15, 0.2) is 0 Å². The van der Waals surface area contributed by atoms with E-state index in [1.54, 1.807) is 0 Å². The van der Waals surface area contributed by atoms with Crippen molar-refractivity contribution in [1.29, 1.82) is 0 Å². The standard InChI is InChI=1S/C17H39NO4Si2/c1-8-21-24(7,22-9-2)16-11-10-14-18(23(4,5)6)15-12-13-17(19)20-3/h8-16H2,1-7H3. The first-order valence-electron chi connectivity index (χ1n) is 9.28. The van der Waals surface area contributed by atoms with Gasteiger partial charge in [-0.25, -0.2) is 0 Å². The Labute approximate surface area is 151 Å². The van der Waals surface area contributed by atoms with Gasteiger partial charge in [-0.1, -0.05) is 26.1 Å². The molecular formula is C17H39NO4Si2. The molecule has 0 aliphatic rings. The van der Waals surface area contributed by atoms with Crippen molar-refractivity contribution in [3.05, 3.63) is 0 Å². The van der Waals surface area contributed by atoms with Crippen molar-refractivity contribution in [2.45, 2.75) is 71.8 Å². The molecule has 0 unspecified atom stereocenters. The molecule has 0 radical (unpaired) electrons. The Hall–Kier alpha value is -0.216. The van der Waals surface area contributed by atoms with E-state index in [9.17, 15) is 4.79 Å². The van der Waals surface area contributed by atoms with E-state index < -0.39 is 16.8 Å². The normalized spacial score (nSPS) is 12.7. The van der Waals surface area contributed by atoms with Crippen LogP contribution in [0.2, 0.25) is 32.2 Å². The largest absolute Gasteiger partial charge is 0.469 e. The number of unbranched alkanes of at least 4 members (excludes halogenated alkanes) is 1. The van der Waals surface area contributed by atoms with Gasteiger partial charge < -0.3 is 18.2 Å². The number of hydrogen-bond acceptors (Lipinski definition) is 5. The first kappa shape index (κ1) is 23.8. The second-order valence-corrected chi connectivity index (χ2v) is 15.6. The second kappa shape index (κ2) is 12.2. The van der Waals surface area contributed by atoms with Crippen molar-refractivity contribution >= 4 is 22.8 Å². The first-order chi connectivity index (χ1) is 11.2. The number of nitrogens with zero attached hydrogens (tertiary/aromatic N) is 1. The third-order valence-electron chi connectivity index (χ3n) is 4.19. The molecule has 5 nitrogen and oxygen atoms in total. The Balaban J connectivity index is 4.29. The zero-order valence-corrected chi connectivity index (χ0v) is 18.9. The summed E-state index contributed by atoms with van der Waals surface area (Å²) in [4.78, 5) is 11.3. The van der Waals surface area contributed by atoms with Crippen molar-refractivity contribution in [3.8, 4) is 0 Å². The molecular weight excluding hydrogens is 338 g/mol. The Morgan fingerprint density at radius 3 is 1.92 bits per heavy atom. The molecule has 0 heterocycles. The maximum absolute atomic E-state index is 11.3. The van der Waals surface area contributed by atoms with Crippen LogP contribution >= 0.6 is 0 Å². The minimum Gasteiger partial charge on any atom is -0.469 e. The molecule has 0 aliphatic carbocycles. The van der Waals surface area contributed by atoms with E-state index in [1.165, 1.54) is 7.11 Å². The summed E-state index contributed by atoms with van der Waals surface area (Å²) < 4.78 is 19.1. The smallest absolute Gasteiger partial charge is 0.334 e. The van der Waals surface area contributed by atoms with Gasteiger partial charge >= 0.3 is 14.5 Å². The first-order valence-corrected chi connectivity index (χ1v) is 15.3. The molecule has 0 aromatic carbocycles. The van der Waals surface area contributed by atoms with Crippen molar-refractivity contribution in [2.24, 2.45) is 0 Å². The lowest BCUT2D eigenvalue weighted by Gasteiger charge is -2.34. The van der Waals surface area contributed by atoms with E-state index in [0.717, 1.165) is 51.6 Å². The summed E-state index contributed by atoms with van der Waals surface area (Å²) in [7, 11) is -1.89. The number of carbonyl (C=O) groups excluding carboxylic acids is 1. The molecule has 0 saturated carbocycles. The summed E-state index contributed by atoms with van der Waals surface area (Å²) in [5.41, 5.74) is 0. The summed E-state index contributed by atoms with van der Waals surface area (Å²) in [6.07, 6.45) is 3.68. The summed E-state index contributed by atoms with van der Waals surface area (Å²) in [5.74, 6) is -0.110. The predicted octanol–water partition coefficient (Wildman–Crippen LogP) is 4.00. The van der Waals surface area contributed by atoms with Gasteiger partial charge in [0.25, 0.3) is 0 Å². The van der Waals surface area contributed by atoms with Gasteiger partial charge in [0.1, 0.15) is 8.24 Å². The van der Waals surface area contributed by atoms with Gasteiger partial charge in [-0.3, -0.25) is 4.79 Å². The van der Waals surface area contributed by atoms with Crippen LogP contribution in [0.4, 0.5) is 0 Å². The Morgan fingerprint density at radius 1 is 0.917 bits per heavy atom. The molecule has 0 atom stereocenters. The number of esters is 1. The summed E-state index contributed by atoms with van der Waals surface area (Å²) in [6.45, 7) is 16.9. The van der Waals surface area contributed by atoms with Crippen LogP contribution < -0.4 is 0 Å². The molecule has 0 fully saturated rings. The van der Waals surface area contributed by atoms with Gasteiger partial charge in [0, 0.05) is 19.6 Å². The Bertz CT molecular complexity index is 342. The van der Waals surface area contributed by atoms with Gasteiger partial charge in [0.05, 0.1) is 7.11 Å².